The molecule has 0 aliphatic carbocycles. The van der Waals surface area contributed by atoms with Gasteiger partial charge < -0.3 is 5.43 Å². The first-order valence-corrected chi connectivity index (χ1v) is 12.8. The van der Waals surface area contributed by atoms with Crippen LogP contribution in [0, 0.1) is 11.5 Å². The molecule has 12 heteroatoms. The van der Waals surface area contributed by atoms with Gasteiger partial charge in [0.05, 0.1) is 27.9 Å². The Bertz CT molecular complexity index is 1230. The molecule has 0 bridgehead atoms. The van der Waals surface area contributed by atoms with Crippen molar-refractivity contribution in [2.75, 3.05) is 24.6 Å². The number of nitrogens with one attached hydrogen (secondary N) is 1. The molecule has 0 amide bonds. The lowest BCUT2D eigenvalue weighted by Crippen LogP contribution is -2.49. The summed E-state index contributed by atoms with van der Waals surface area (Å²) in [4.78, 5) is 3.92. The summed E-state index contributed by atoms with van der Waals surface area (Å²) in [5, 5.41) is 17.2. The third kappa shape index (κ3) is 5.62. The lowest BCUT2D eigenvalue weighted by molar-refractivity contribution is 0.248. The molecule has 2 aromatic carbocycles. The van der Waals surface area contributed by atoms with Gasteiger partial charge in [0.2, 0.25) is 6.19 Å². The lowest BCUT2D eigenvalue weighted by atomic mass is 10.1. The lowest BCUT2D eigenvalue weighted by Gasteiger charge is -2.41. The molecule has 1 aliphatic heterocycles. The largest absolute Gasteiger partial charge is 0.300 e. The van der Waals surface area contributed by atoms with Crippen molar-refractivity contribution in [3.8, 4) is 23.1 Å². The maximum absolute atomic E-state index is 9.86. The number of hydrogen-bond donors (Lipinski definition) is 3. The molecule has 172 valence electrons. The van der Waals surface area contributed by atoms with Crippen LogP contribution in [0.15, 0.2) is 53.5 Å². The van der Waals surface area contributed by atoms with Crippen molar-refractivity contribution in [2.24, 2.45) is 4.99 Å². The molecule has 0 spiro atoms. The van der Waals surface area contributed by atoms with Crippen LogP contribution in [-0.4, -0.2) is 54.3 Å². The van der Waals surface area contributed by atoms with Gasteiger partial charge in [-0.1, -0.05) is 46.9 Å². The van der Waals surface area contributed by atoms with E-state index in [2.05, 4.69) is 15.5 Å². The normalized spacial score (nSPS) is 17.4. The molecule has 0 atom stereocenters. The molecule has 3 aromatic rings. The first-order chi connectivity index (χ1) is 15.8. The number of rotatable bonds is 4. The second-order valence-electron chi connectivity index (χ2n) is 7.30. The van der Waals surface area contributed by atoms with Crippen LogP contribution >= 0.6 is 45.4 Å². The number of aliphatic imine (C=N–C) groups is 1. The van der Waals surface area contributed by atoms with Gasteiger partial charge in [0.15, 0.2) is 5.84 Å². The average Bonchev–Trinajstić information content (AvgIpc) is 3.20. The molecule has 33 heavy (non-hydrogen) atoms. The molecule has 4 rings (SSSR count). The van der Waals surface area contributed by atoms with Gasteiger partial charge in [0, 0.05) is 28.7 Å². The average molecular weight is 526 g/mol. The number of hydrogen-bond acceptors (Lipinski definition) is 6. The minimum atomic E-state index is -2.56. The maximum Gasteiger partial charge on any atom is 0.207 e. The summed E-state index contributed by atoms with van der Waals surface area (Å²) in [7, 11) is -2.56. The van der Waals surface area contributed by atoms with E-state index < -0.39 is 10.6 Å². The molecule has 0 unspecified atom stereocenters. The highest BCUT2D eigenvalue weighted by molar-refractivity contribution is 8.24. The zero-order valence-electron chi connectivity index (χ0n) is 17.1. The van der Waals surface area contributed by atoms with Crippen molar-refractivity contribution in [2.45, 2.75) is 0 Å². The predicted octanol–water partition coefficient (Wildman–Crippen LogP) is 5.30. The van der Waals surface area contributed by atoms with Gasteiger partial charge in [-0.2, -0.15) is 25.9 Å². The number of halogens is 3. The van der Waals surface area contributed by atoms with E-state index >= 15 is 0 Å². The number of aromatic nitrogens is 2. The van der Waals surface area contributed by atoms with E-state index in [-0.39, 0.29) is 17.3 Å². The molecule has 2 heterocycles. The molecule has 1 fully saturated rings. The van der Waals surface area contributed by atoms with Crippen molar-refractivity contribution >= 4 is 51.2 Å². The van der Waals surface area contributed by atoms with Gasteiger partial charge in [-0.15, -0.1) is 0 Å². The summed E-state index contributed by atoms with van der Waals surface area (Å²) >= 11 is 18.6. The molecular weight excluding hydrogens is 507 g/mol. The van der Waals surface area contributed by atoms with E-state index in [9.17, 15) is 14.4 Å². The summed E-state index contributed by atoms with van der Waals surface area (Å²) in [6, 6.07) is 14.1. The van der Waals surface area contributed by atoms with E-state index in [1.165, 1.54) is 0 Å². The molecule has 3 N–H and O–H groups in total. The first kappa shape index (κ1) is 23.9. The van der Waals surface area contributed by atoms with Gasteiger partial charge >= 0.3 is 0 Å². The minimum Gasteiger partial charge on any atom is -0.300 e. The Morgan fingerprint density at radius 3 is 2.33 bits per heavy atom. The Balaban J connectivity index is 1.75. The van der Waals surface area contributed by atoms with Crippen LogP contribution in [0.5, 0.6) is 0 Å². The molecule has 1 aromatic heterocycles. The van der Waals surface area contributed by atoms with Crippen LogP contribution in [0.3, 0.4) is 0 Å². The summed E-state index contributed by atoms with van der Waals surface area (Å²) in [6.45, 7) is 0.779. The fraction of sp³-hybridized carbons (Fsp3) is 0.190. The van der Waals surface area contributed by atoms with Crippen molar-refractivity contribution in [3.63, 3.8) is 0 Å². The van der Waals surface area contributed by atoms with Crippen LogP contribution in [-0.2, 0) is 0 Å². The second-order valence-corrected chi connectivity index (χ2v) is 11.0. The maximum atomic E-state index is 9.86. The molecule has 0 radical (unpaired) electrons. The van der Waals surface area contributed by atoms with Gasteiger partial charge in [0.1, 0.15) is 5.69 Å². The number of amidine groups is 1. The number of nitriles is 1. The summed E-state index contributed by atoms with van der Waals surface area (Å²) in [5.74, 6) is 0.713. The van der Waals surface area contributed by atoms with E-state index in [0.29, 0.717) is 45.2 Å². The highest BCUT2D eigenvalue weighted by Crippen LogP contribution is 2.40. The molecule has 8 nitrogen and oxygen atoms in total. The van der Waals surface area contributed by atoms with Crippen molar-refractivity contribution in [1.82, 2.24) is 20.2 Å². The third-order valence-corrected chi connectivity index (χ3v) is 7.49. The molecular formula is C21H19Cl3N6O2S. The summed E-state index contributed by atoms with van der Waals surface area (Å²) in [6.07, 6.45) is 1.80. The predicted molar refractivity (Wildman–Crippen MR) is 133 cm³/mol. The molecule has 1 saturated heterocycles. The second kappa shape index (κ2) is 9.91. The SMILES string of the molecule is N#CN=C(NN1CCS(O)(O)CC1)c1cc(-c2ccc(Cl)cc2)n(-c2ccc(Cl)cc2Cl)n1. The Kier molecular flexibility index (Phi) is 7.16. The van der Waals surface area contributed by atoms with E-state index in [1.54, 1.807) is 52.3 Å². The number of hydrazine groups is 1. The summed E-state index contributed by atoms with van der Waals surface area (Å²) in [5.41, 5.74) is 5.62. The van der Waals surface area contributed by atoms with E-state index in [1.807, 2.05) is 12.1 Å². The smallest absolute Gasteiger partial charge is 0.207 e. The van der Waals surface area contributed by atoms with Gasteiger partial charge in [-0.25, -0.2) is 9.69 Å². The van der Waals surface area contributed by atoms with Gasteiger partial charge in [-0.3, -0.25) is 9.11 Å². The third-order valence-electron chi connectivity index (χ3n) is 5.03. The van der Waals surface area contributed by atoms with Crippen LogP contribution in [0.25, 0.3) is 16.9 Å². The Morgan fingerprint density at radius 2 is 1.70 bits per heavy atom. The minimum absolute atomic E-state index is 0.231. The van der Waals surface area contributed by atoms with Gasteiger partial charge in [-0.05, 0) is 36.4 Å². The zero-order chi connectivity index (χ0) is 23.6. The Morgan fingerprint density at radius 1 is 1.03 bits per heavy atom. The van der Waals surface area contributed by atoms with Gasteiger partial charge in [0.25, 0.3) is 0 Å². The van der Waals surface area contributed by atoms with Crippen LogP contribution in [0.1, 0.15) is 5.69 Å². The standard InChI is InChI=1S/C21H19Cl3N6O2S/c22-15-3-1-14(2-4-15)20-12-18(27-30(20)19-6-5-16(23)11-17(19)24)21(26-13-25)28-29-7-9-33(31,32)10-8-29/h1-6,11-12,31-32H,7-10H2,(H,26,28). The van der Waals surface area contributed by atoms with Crippen LogP contribution in [0.2, 0.25) is 15.1 Å². The van der Waals surface area contributed by atoms with Crippen LogP contribution < -0.4 is 5.43 Å². The fourth-order valence-electron chi connectivity index (χ4n) is 3.34. The fourth-order valence-corrected chi connectivity index (χ4v) is 5.18. The Hall–Kier alpha value is -2.29. The topological polar surface area (TPSA) is 110 Å². The quantitative estimate of drug-likeness (QED) is 0.242. The van der Waals surface area contributed by atoms with E-state index in [0.717, 1.165) is 5.56 Å². The number of nitrogens with zero attached hydrogens (tertiary/aromatic N) is 5. The van der Waals surface area contributed by atoms with Crippen LogP contribution in [0.4, 0.5) is 0 Å². The number of benzene rings is 2. The first-order valence-electron chi connectivity index (χ1n) is 9.79. The highest BCUT2D eigenvalue weighted by Gasteiger charge is 2.24. The highest BCUT2D eigenvalue weighted by atomic mass is 35.5. The zero-order valence-corrected chi connectivity index (χ0v) is 20.2. The van der Waals surface area contributed by atoms with Crippen molar-refractivity contribution < 1.29 is 9.11 Å². The summed E-state index contributed by atoms with van der Waals surface area (Å²) < 4.78 is 21.4. The molecule has 0 saturated carbocycles. The monoisotopic (exact) mass is 524 g/mol. The molecule has 1 aliphatic rings. The van der Waals surface area contributed by atoms with Crippen molar-refractivity contribution in [3.05, 3.63) is 69.3 Å². The Labute approximate surface area is 207 Å². The van der Waals surface area contributed by atoms with E-state index in [4.69, 9.17) is 34.8 Å². The van der Waals surface area contributed by atoms with Crippen molar-refractivity contribution in [1.29, 1.82) is 5.26 Å².